The van der Waals surface area contributed by atoms with Gasteiger partial charge >= 0.3 is 6.03 Å². The van der Waals surface area contributed by atoms with Crippen LogP contribution in [0.3, 0.4) is 0 Å². The van der Waals surface area contributed by atoms with Crippen molar-refractivity contribution in [3.63, 3.8) is 0 Å². The van der Waals surface area contributed by atoms with Gasteiger partial charge in [-0.15, -0.1) is 0 Å². The summed E-state index contributed by atoms with van der Waals surface area (Å²) in [6, 6.07) is 13.4. The highest BCUT2D eigenvalue weighted by molar-refractivity contribution is 6.30. The number of halogens is 1. The van der Waals surface area contributed by atoms with Crippen molar-refractivity contribution >= 4 is 34.9 Å². The molecule has 3 amide bonds. The fourth-order valence-corrected chi connectivity index (χ4v) is 2.19. The maximum absolute atomic E-state index is 12.1. The second-order valence-electron chi connectivity index (χ2n) is 5.59. The van der Waals surface area contributed by atoms with Crippen LogP contribution in [0.15, 0.2) is 48.5 Å². The van der Waals surface area contributed by atoms with Gasteiger partial charge in [-0.25, -0.2) is 4.79 Å². The number of para-hydroxylation sites is 2. The molecule has 0 aliphatic rings. The smallest absolute Gasteiger partial charge is 0.319 e. The molecule has 3 N–H and O–H groups in total. The van der Waals surface area contributed by atoms with Crippen LogP contribution in [0.25, 0.3) is 0 Å². The number of ether oxygens (including phenoxy) is 1. The molecule has 0 aromatic heterocycles. The first-order chi connectivity index (χ1) is 11.9. The molecule has 2 aromatic rings. The van der Waals surface area contributed by atoms with E-state index in [0.29, 0.717) is 22.1 Å². The summed E-state index contributed by atoms with van der Waals surface area (Å²) >= 11 is 5.87. The van der Waals surface area contributed by atoms with Crippen molar-refractivity contribution in [2.75, 3.05) is 17.2 Å². The zero-order chi connectivity index (χ0) is 18.2. The minimum absolute atomic E-state index is 0.00727. The molecule has 0 aliphatic carbocycles. The van der Waals surface area contributed by atoms with Crippen molar-refractivity contribution in [2.24, 2.45) is 0 Å². The number of carbonyl (C=O) groups is 2. The summed E-state index contributed by atoms with van der Waals surface area (Å²) < 4.78 is 5.40. The Labute approximate surface area is 151 Å². The molecule has 0 heterocycles. The summed E-state index contributed by atoms with van der Waals surface area (Å²) in [6.07, 6.45) is 0. The molecule has 0 spiro atoms. The van der Waals surface area contributed by atoms with Crippen LogP contribution in [-0.2, 0) is 4.79 Å². The van der Waals surface area contributed by atoms with Gasteiger partial charge in [-0.05, 0) is 44.2 Å². The Bertz CT molecular complexity index is 750. The van der Waals surface area contributed by atoms with Crippen molar-refractivity contribution < 1.29 is 14.3 Å². The van der Waals surface area contributed by atoms with Crippen LogP contribution in [0.2, 0.25) is 5.02 Å². The van der Waals surface area contributed by atoms with Crippen molar-refractivity contribution in [1.29, 1.82) is 0 Å². The van der Waals surface area contributed by atoms with Gasteiger partial charge in [0.25, 0.3) is 5.91 Å². The van der Waals surface area contributed by atoms with Crippen molar-refractivity contribution in [3.05, 3.63) is 53.6 Å². The highest BCUT2D eigenvalue weighted by Crippen LogP contribution is 2.21. The van der Waals surface area contributed by atoms with E-state index in [1.165, 1.54) is 0 Å². The van der Waals surface area contributed by atoms with Crippen LogP contribution in [0, 0.1) is 0 Å². The van der Waals surface area contributed by atoms with E-state index in [1.54, 1.807) is 48.5 Å². The van der Waals surface area contributed by atoms with Gasteiger partial charge in [0, 0.05) is 11.1 Å². The SMILES string of the molecule is CC(C)NC(=O)Nc1ccccc1NC(=O)COc1cccc(Cl)c1. The third-order valence-electron chi connectivity index (χ3n) is 3.04. The fraction of sp³-hybridized carbons (Fsp3) is 0.222. The lowest BCUT2D eigenvalue weighted by molar-refractivity contribution is -0.118. The van der Waals surface area contributed by atoms with E-state index in [9.17, 15) is 9.59 Å². The number of amides is 3. The average molecular weight is 362 g/mol. The molecule has 0 saturated heterocycles. The highest BCUT2D eigenvalue weighted by Gasteiger charge is 2.10. The lowest BCUT2D eigenvalue weighted by Crippen LogP contribution is -2.34. The van der Waals surface area contributed by atoms with Gasteiger partial charge in [-0.3, -0.25) is 4.79 Å². The summed E-state index contributed by atoms with van der Waals surface area (Å²) in [5.41, 5.74) is 0.984. The molecular weight excluding hydrogens is 342 g/mol. The lowest BCUT2D eigenvalue weighted by Gasteiger charge is -2.14. The number of rotatable bonds is 6. The van der Waals surface area contributed by atoms with Crippen molar-refractivity contribution in [2.45, 2.75) is 19.9 Å². The number of benzene rings is 2. The van der Waals surface area contributed by atoms with E-state index >= 15 is 0 Å². The van der Waals surface area contributed by atoms with Gasteiger partial charge in [0.15, 0.2) is 6.61 Å². The molecule has 0 saturated carbocycles. The Hall–Kier alpha value is -2.73. The molecule has 0 fully saturated rings. The Kier molecular flexibility index (Phi) is 6.65. The standard InChI is InChI=1S/C18H20ClN3O3/c1-12(2)20-18(24)22-16-9-4-3-8-15(16)21-17(23)11-25-14-7-5-6-13(19)10-14/h3-10,12H,11H2,1-2H3,(H,21,23)(H2,20,22,24). The van der Waals surface area contributed by atoms with Gasteiger partial charge < -0.3 is 20.7 Å². The quantitative estimate of drug-likeness (QED) is 0.730. The number of carbonyl (C=O) groups excluding carboxylic acids is 2. The van der Waals surface area contributed by atoms with E-state index in [1.807, 2.05) is 13.8 Å². The maximum Gasteiger partial charge on any atom is 0.319 e. The predicted octanol–water partition coefficient (Wildman–Crippen LogP) is 3.89. The lowest BCUT2D eigenvalue weighted by atomic mass is 10.2. The molecule has 0 atom stereocenters. The van der Waals surface area contributed by atoms with Crippen LogP contribution in [0.1, 0.15) is 13.8 Å². The topological polar surface area (TPSA) is 79.5 Å². The van der Waals surface area contributed by atoms with E-state index in [-0.39, 0.29) is 24.6 Å². The Morgan fingerprint density at radius 3 is 2.36 bits per heavy atom. The van der Waals surface area contributed by atoms with E-state index in [0.717, 1.165) is 0 Å². The summed E-state index contributed by atoms with van der Waals surface area (Å²) in [5, 5.41) is 8.68. The third-order valence-corrected chi connectivity index (χ3v) is 3.27. The molecule has 0 bridgehead atoms. The van der Waals surface area contributed by atoms with Crippen LogP contribution < -0.4 is 20.7 Å². The van der Waals surface area contributed by atoms with E-state index < -0.39 is 0 Å². The number of urea groups is 1. The number of nitrogens with one attached hydrogen (secondary N) is 3. The molecule has 6 nitrogen and oxygen atoms in total. The maximum atomic E-state index is 12.1. The van der Waals surface area contributed by atoms with E-state index in [2.05, 4.69) is 16.0 Å². The molecule has 0 radical (unpaired) electrons. The number of hydrogen-bond acceptors (Lipinski definition) is 3. The molecule has 2 rings (SSSR count). The number of anilines is 2. The van der Waals surface area contributed by atoms with Crippen LogP contribution >= 0.6 is 11.6 Å². The highest BCUT2D eigenvalue weighted by atomic mass is 35.5. The molecule has 132 valence electrons. The average Bonchev–Trinajstić information content (AvgIpc) is 2.54. The van der Waals surface area contributed by atoms with E-state index in [4.69, 9.17) is 16.3 Å². The molecule has 7 heteroatoms. The second-order valence-corrected chi connectivity index (χ2v) is 6.03. The summed E-state index contributed by atoms with van der Waals surface area (Å²) in [4.78, 5) is 23.9. The minimum Gasteiger partial charge on any atom is -0.484 e. The largest absolute Gasteiger partial charge is 0.484 e. The van der Waals surface area contributed by atoms with Crippen LogP contribution in [0.4, 0.5) is 16.2 Å². The summed E-state index contributed by atoms with van der Waals surface area (Å²) in [6.45, 7) is 3.55. The first-order valence-corrected chi connectivity index (χ1v) is 8.16. The van der Waals surface area contributed by atoms with Crippen molar-refractivity contribution in [1.82, 2.24) is 5.32 Å². The third kappa shape index (κ3) is 6.35. The monoisotopic (exact) mass is 361 g/mol. The molecule has 2 aromatic carbocycles. The Morgan fingerprint density at radius 1 is 1.04 bits per heavy atom. The normalized spacial score (nSPS) is 10.2. The zero-order valence-electron chi connectivity index (χ0n) is 14.0. The Morgan fingerprint density at radius 2 is 1.72 bits per heavy atom. The molecule has 0 unspecified atom stereocenters. The fourth-order valence-electron chi connectivity index (χ4n) is 2.01. The summed E-state index contributed by atoms with van der Waals surface area (Å²) in [5.74, 6) is 0.156. The Balaban J connectivity index is 1.95. The first-order valence-electron chi connectivity index (χ1n) is 7.79. The number of hydrogen-bond donors (Lipinski definition) is 3. The van der Waals surface area contributed by atoms with Gasteiger partial charge in [0.2, 0.25) is 0 Å². The molecule has 0 aliphatic heterocycles. The van der Waals surface area contributed by atoms with Crippen molar-refractivity contribution in [3.8, 4) is 5.75 Å². The first kappa shape index (κ1) is 18.6. The van der Waals surface area contributed by atoms with Gasteiger partial charge in [-0.1, -0.05) is 29.8 Å². The summed E-state index contributed by atoms with van der Waals surface area (Å²) in [7, 11) is 0. The van der Waals surface area contributed by atoms with Crippen LogP contribution in [-0.4, -0.2) is 24.6 Å². The molecular formula is C18H20ClN3O3. The van der Waals surface area contributed by atoms with Crippen LogP contribution in [0.5, 0.6) is 5.75 Å². The zero-order valence-corrected chi connectivity index (χ0v) is 14.8. The molecule has 25 heavy (non-hydrogen) atoms. The minimum atomic E-state index is -0.349. The predicted molar refractivity (Wildman–Crippen MR) is 99.3 cm³/mol. The van der Waals surface area contributed by atoms with Gasteiger partial charge in [0.05, 0.1) is 11.4 Å². The second kappa shape index (κ2) is 8.94. The van der Waals surface area contributed by atoms with Gasteiger partial charge in [-0.2, -0.15) is 0 Å². The van der Waals surface area contributed by atoms with Gasteiger partial charge in [0.1, 0.15) is 5.75 Å².